The molecule has 0 aliphatic heterocycles. The summed E-state index contributed by atoms with van der Waals surface area (Å²) in [7, 11) is 0. The van der Waals surface area contributed by atoms with Crippen LogP contribution in [0.2, 0.25) is 0 Å². The molecule has 2 N–H and O–H groups in total. The Morgan fingerprint density at radius 2 is 2.00 bits per heavy atom. The highest BCUT2D eigenvalue weighted by Crippen LogP contribution is 2.33. The first-order valence-corrected chi connectivity index (χ1v) is 5.93. The van der Waals surface area contributed by atoms with E-state index >= 15 is 0 Å². The zero-order valence-electron chi connectivity index (χ0n) is 9.63. The van der Waals surface area contributed by atoms with Gasteiger partial charge in [-0.1, -0.05) is 29.3 Å². The van der Waals surface area contributed by atoms with Crippen LogP contribution < -0.4 is 10.5 Å². The lowest BCUT2D eigenvalue weighted by molar-refractivity contribution is -0.275. The molecule has 0 amide bonds. The second-order valence-electron chi connectivity index (χ2n) is 3.63. The average molecular weight is 349 g/mol. The van der Waals surface area contributed by atoms with Crippen LogP contribution in [-0.2, 0) is 0 Å². The lowest BCUT2D eigenvalue weighted by Crippen LogP contribution is -2.20. The summed E-state index contributed by atoms with van der Waals surface area (Å²) in [5.74, 6) is -0.235. The third-order valence-corrected chi connectivity index (χ3v) is 2.69. The Kier molecular flexibility index (Phi) is 7.02. The molecule has 0 spiro atoms. The van der Waals surface area contributed by atoms with E-state index in [9.17, 15) is 13.2 Å². The quantitative estimate of drug-likeness (QED) is 0.865. The molecule has 0 aliphatic carbocycles. The van der Waals surface area contributed by atoms with Gasteiger partial charge in [0.15, 0.2) is 0 Å². The van der Waals surface area contributed by atoms with Crippen LogP contribution in [-0.4, -0.2) is 6.36 Å². The van der Waals surface area contributed by atoms with E-state index in [1.165, 1.54) is 12.1 Å². The number of halogens is 5. The highest BCUT2D eigenvalue weighted by atomic mass is 79.9. The molecule has 0 unspecified atom stereocenters. The van der Waals surface area contributed by atoms with Crippen LogP contribution in [0.15, 0.2) is 22.7 Å². The van der Waals surface area contributed by atoms with Gasteiger partial charge in [-0.05, 0) is 24.6 Å². The summed E-state index contributed by atoms with van der Waals surface area (Å²) in [4.78, 5) is 0. The third-order valence-electron chi connectivity index (χ3n) is 2.20. The number of hydrogen-bond acceptors (Lipinski definition) is 2. The van der Waals surface area contributed by atoms with Crippen molar-refractivity contribution in [1.82, 2.24) is 0 Å². The molecule has 0 aromatic heterocycles. The second-order valence-corrected chi connectivity index (χ2v) is 4.54. The number of benzene rings is 1. The summed E-state index contributed by atoms with van der Waals surface area (Å²) in [5.41, 5.74) is 6.19. The number of ether oxygens (including phenoxy) is 1. The normalized spacial score (nSPS) is 12.8. The predicted octanol–water partition coefficient (Wildman–Crippen LogP) is 4.57. The molecule has 0 heterocycles. The summed E-state index contributed by atoms with van der Waals surface area (Å²) in [5, 5.41) is 0. The molecule has 0 aliphatic rings. The molecule has 0 saturated carbocycles. The van der Waals surface area contributed by atoms with E-state index in [-0.39, 0.29) is 18.2 Å². The predicted molar refractivity (Wildman–Crippen MR) is 69.9 cm³/mol. The maximum atomic E-state index is 12.2. The zero-order valence-corrected chi connectivity index (χ0v) is 12.0. The summed E-state index contributed by atoms with van der Waals surface area (Å²) < 4.78 is 41.2. The Balaban J connectivity index is 0.00000289. The molecule has 2 nitrogen and oxygen atoms in total. The molecule has 0 fully saturated rings. The fourth-order valence-electron chi connectivity index (χ4n) is 1.49. The van der Waals surface area contributed by atoms with Gasteiger partial charge < -0.3 is 10.5 Å². The maximum Gasteiger partial charge on any atom is 0.573 e. The molecular formula is C11H14BrClF3NO. The van der Waals surface area contributed by atoms with Crippen molar-refractivity contribution in [3.63, 3.8) is 0 Å². The molecule has 0 saturated heterocycles. The van der Waals surface area contributed by atoms with Crippen molar-refractivity contribution < 1.29 is 17.9 Å². The van der Waals surface area contributed by atoms with E-state index in [1.54, 1.807) is 6.07 Å². The Morgan fingerprint density at radius 1 is 1.39 bits per heavy atom. The van der Waals surface area contributed by atoms with Gasteiger partial charge in [-0.2, -0.15) is 0 Å². The van der Waals surface area contributed by atoms with Crippen LogP contribution in [0.5, 0.6) is 5.75 Å². The van der Waals surface area contributed by atoms with E-state index in [2.05, 4.69) is 20.7 Å². The summed E-state index contributed by atoms with van der Waals surface area (Å²) in [6.07, 6.45) is -3.31. The third kappa shape index (κ3) is 5.46. The van der Waals surface area contributed by atoms with Gasteiger partial charge in [-0.15, -0.1) is 25.6 Å². The van der Waals surface area contributed by atoms with Crippen LogP contribution in [0.25, 0.3) is 0 Å². The molecule has 104 valence electrons. The largest absolute Gasteiger partial charge is 0.573 e. The van der Waals surface area contributed by atoms with E-state index < -0.39 is 12.4 Å². The van der Waals surface area contributed by atoms with Crippen LogP contribution in [0.1, 0.15) is 31.4 Å². The van der Waals surface area contributed by atoms with Crippen molar-refractivity contribution >= 4 is 28.3 Å². The minimum atomic E-state index is -4.70. The molecule has 1 rings (SSSR count). The van der Waals surface area contributed by atoms with Crippen molar-refractivity contribution in [1.29, 1.82) is 0 Å². The number of rotatable bonds is 4. The van der Waals surface area contributed by atoms with Crippen molar-refractivity contribution in [3.05, 3.63) is 28.2 Å². The first kappa shape index (κ1) is 17.5. The molecule has 7 heteroatoms. The van der Waals surface area contributed by atoms with Gasteiger partial charge in [0, 0.05) is 16.1 Å². The monoisotopic (exact) mass is 347 g/mol. The molecule has 0 radical (unpaired) electrons. The van der Waals surface area contributed by atoms with Gasteiger partial charge in [0.05, 0.1) is 0 Å². The van der Waals surface area contributed by atoms with Gasteiger partial charge in [-0.25, -0.2) is 0 Å². The Morgan fingerprint density at radius 3 is 2.50 bits per heavy atom. The number of alkyl halides is 3. The number of nitrogens with two attached hydrogens (primary N) is 1. The van der Waals surface area contributed by atoms with E-state index in [0.717, 1.165) is 6.42 Å². The Labute approximate surface area is 118 Å². The summed E-state index contributed by atoms with van der Waals surface area (Å²) >= 11 is 3.20. The fourth-order valence-corrected chi connectivity index (χ4v) is 1.87. The van der Waals surface area contributed by atoms with E-state index in [4.69, 9.17) is 5.73 Å². The summed E-state index contributed by atoms with van der Waals surface area (Å²) in [6.45, 7) is 1.92. The summed E-state index contributed by atoms with van der Waals surface area (Å²) in [6, 6.07) is 3.85. The van der Waals surface area contributed by atoms with Gasteiger partial charge in [0.2, 0.25) is 0 Å². The van der Waals surface area contributed by atoms with E-state index in [0.29, 0.717) is 16.5 Å². The second kappa shape index (κ2) is 7.21. The van der Waals surface area contributed by atoms with Gasteiger partial charge in [0.25, 0.3) is 0 Å². The minimum absolute atomic E-state index is 0. The van der Waals surface area contributed by atoms with Crippen LogP contribution in [0, 0.1) is 0 Å². The van der Waals surface area contributed by atoms with Crippen LogP contribution >= 0.6 is 28.3 Å². The van der Waals surface area contributed by atoms with Crippen molar-refractivity contribution in [2.75, 3.05) is 0 Å². The smallest absolute Gasteiger partial charge is 0.405 e. The highest BCUT2D eigenvalue weighted by Gasteiger charge is 2.32. The van der Waals surface area contributed by atoms with Gasteiger partial charge >= 0.3 is 6.36 Å². The average Bonchev–Trinajstić information content (AvgIpc) is 2.19. The van der Waals surface area contributed by atoms with Crippen molar-refractivity contribution in [2.45, 2.75) is 32.2 Å². The van der Waals surface area contributed by atoms with Crippen molar-refractivity contribution in [2.24, 2.45) is 5.73 Å². The minimum Gasteiger partial charge on any atom is -0.405 e. The van der Waals surface area contributed by atoms with E-state index in [1.807, 2.05) is 6.92 Å². The standard InChI is InChI=1S/C11H13BrF3NO.ClH/c1-2-3-9(16)8-6-7(12)4-5-10(8)17-11(13,14)15;/h4-6,9H,2-3,16H2,1H3;1H/t9-;/m0./s1. The molecule has 1 atom stereocenters. The zero-order chi connectivity index (χ0) is 13.1. The molecule has 1 aromatic carbocycles. The molecule has 18 heavy (non-hydrogen) atoms. The van der Waals surface area contributed by atoms with Crippen LogP contribution in [0.4, 0.5) is 13.2 Å². The van der Waals surface area contributed by atoms with Gasteiger partial charge in [-0.3, -0.25) is 0 Å². The molecular weight excluding hydrogens is 334 g/mol. The molecule has 0 bridgehead atoms. The first-order chi connectivity index (χ1) is 7.83. The SMILES string of the molecule is CCC[C@H](N)c1cc(Br)ccc1OC(F)(F)F.Cl. The van der Waals surface area contributed by atoms with Crippen LogP contribution in [0.3, 0.4) is 0 Å². The fraction of sp³-hybridized carbons (Fsp3) is 0.455. The molecule has 1 aromatic rings. The van der Waals surface area contributed by atoms with Crippen molar-refractivity contribution in [3.8, 4) is 5.75 Å². The first-order valence-electron chi connectivity index (χ1n) is 5.14. The topological polar surface area (TPSA) is 35.2 Å². The van der Waals surface area contributed by atoms with Gasteiger partial charge in [0.1, 0.15) is 5.75 Å². The Bertz CT molecular complexity index is 387. The Hall–Kier alpha value is -0.460. The maximum absolute atomic E-state index is 12.2. The highest BCUT2D eigenvalue weighted by molar-refractivity contribution is 9.10. The lowest BCUT2D eigenvalue weighted by Gasteiger charge is -2.17. The lowest BCUT2D eigenvalue weighted by atomic mass is 10.0. The number of hydrogen-bond donors (Lipinski definition) is 1.